The van der Waals surface area contributed by atoms with Gasteiger partial charge in [0.1, 0.15) is 16.2 Å². The lowest BCUT2D eigenvalue weighted by Crippen LogP contribution is -2.45. The van der Waals surface area contributed by atoms with E-state index in [2.05, 4.69) is 0 Å². The quantitative estimate of drug-likeness (QED) is 0.592. The van der Waals surface area contributed by atoms with E-state index < -0.39 is 11.5 Å². The van der Waals surface area contributed by atoms with Crippen LogP contribution in [0.4, 0.5) is 0 Å². The first-order valence-corrected chi connectivity index (χ1v) is 10.1. The molecule has 0 saturated heterocycles. The lowest BCUT2D eigenvalue weighted by atomic mass is 10.0. The number of aryl methyl sites for hydroxylation is 1. The molecular formula is C21H24N2O3S. The average Bonchev–Trinajstić information content (AvgIpc) is 3.07. The number of thiophene rings is 1. The molecular weight excluding hydrogens is 360 g/mol. The molecule has 0 N–H and O–H groups in total. The van der Waals surface area contributed by atoms with Gasteiger partial charge in [0.2, 0.25) is 0 Å². The van der Waals surface area contributed by atoms with Crippen LogP contribution < -0.4 is 5.56 Å². The van der Waals surface area contributed by atoms with Crippen molar-refractivity contribution in [1.29, 1.82) is 0 Å². The second kappa shape index (κ2) is 7.64. The molecule has 0 aliphatic rings. The third-order valence-corrected chi connectivity index (χ3v) is 5.44. The molecule has 2 aromatic heterocycles. The van der Waals surface area contributed by atoms with E-state index in [4.69, 9.17) is 9.72 Å². The van der Waals surface area contributed by atoms with Crippen LogP contribution >= 0.6 is 11.3 Å². The van der Waals surface area contributed by atoms with Gasteiger partial charge < -0.3 is 4.74 Å². The third-order valence-electron chi connectivity index (χ3n) is 4.57. The van der Waals surface area contributed by atoms with Crippen LogP contribution in [0.15, 0.2) is 40.5 Å². The van der Waals surface area contributed by atoms with E-state index in [9.17, 15) is 9.59 Å². The van der Waals surface area contributed by atoms with E-state index in [1.807, 2.05) is 42.6 Å². The van der Waals surface area contributed by atoms with Gasteiger partial charge in [-0.25, -0.2) is 9.78 Å². The number of hydrogen-bond donors (Lipinski definition) is 0. The molecule has 0 bridgehead atoms. The van der Waals surface area contributed by atoms with Crippen LogP contribution in [-0.4, -0.2) is 22.1 Å². The highest BCUT2D eigenvalue weighted by Crippen LogP contribution is 2.32. The van der Waals surface area contributed by atoms with Crippen molar-refractivity contribution in [3.8, 4) is 11.1 Å². The van der Waals surface area contributed by atoms with E-state index in [1.54, 1.807) is 20.8 Å². The molecule has 3 rings (SSSR count). The largest absolute Gasteiger partial charge is 0.464 e. The van der Waals surface area contributed by atoms with Gasteiger partial charge in [0.05, 0.1) is 12.0 Å². The molecule has 5 nitrogen and oxygen atoms in total. The Kier molecular flexibility index (Phi) is 5.46. The molecule has 0 aliphatic carbocycles. The molecule has 0 radical (unpaired) electrons. The molecule has 0 atom stereocenters. The van der Waals surface area contributed by atoms with E-state index >= 15 is 0 Å². The minimum atomic E-state index is -1.13. The Morgan fingerprint density at radius 2 is 1.93 bits per heavy atom. The minimum Gasteiger partial charge on any atom is -0.464 e. The monoisotopic (exact) mass is 384 g/mol. The second-order valence-corrected chi connectivity index (χ2v) is 7.75. The number of hydrogen-bond acceptors (Lipinski definition) is 5. The highest BCUT2D eigenvalue weighted by Gasteiger charge is 2.35. The van der Waals surface area contributed by atoms with Crippen LogP contribution in [0.25, 0.3) is 21.3 Å². The van der Waals surface area contributed by atoms with Crippen LogP contribution in [0.5, 0.6) is 0 Å². The Bertz CT molecular complexity index is 1020. The molecule has 0 spiro atoms. The number of carbonyl (C=O) groups is 1. The van der Waals surface area contributed by atoms with Crippen molar-refractivity contribution in [3.05, 3.63) is 51.9 Å². The summed E-state index contributed by atoms with van der Waals surface area (Å²) in [4.78, 5) is 31.6. The van der Waals surface area contributed by atoms with E-state index in [1.165, 1.54) is 15.9 Å². The number of carbonyl (C=O) groups excluding carboxylic acids is 1. The van der Waals surface area contributed by atoms with Gasteiger partial charge in [-0.3, -0.25) is 9.36 Å². The number of aromatic nitrogens is 2. The molecule has 2 heterocycles. The van der Waals surface area contributed by atoms with Crippen molar-refractivity contribution in [2.75, 3.05) is 6.61 Å². The van der Waals surface area contributed by atoms with Crippen molar-refractivity contribution >= 4 is 27.5 Å². The smallest absolute Gasteiger partial charge is 0.331 e. The Morgan fingerprint density at radius 3 is 2.56 bits per heavy atom. The summed E-state index contributed by atoms with van der Waals surface area (Å²) in [6.45, 7) is 7.49. The highest BCUT2D eigenvalue weighted by molar-refractivity contribution is 7.17. The first-order chi connectivity index (χ1) is 12.9. The van der Waals surface area contributed by atoms with Crippen molar-refractivity contribution in [2.45, 2.75) is 46.1 Å². The fourth-order valence-corrected chi connectivity index (χ4v) is 4.19. The van der Waals surface area contributed by atoms with Crippen LogP contribution in [0.1, 0.15) is 39.9 Å². The number of ether oxygens (including phenoxy) is 1. The Labute approximate surface area is 162 Å². The predicted octanol–water partition coefficient (Wildman–Crippen LogP) is 4.38. The Balaban J connectivity index is 2.31. The number of fused-ring (bicyclic) bond motifs is 1. The summed E-state index contributed by atoms with van der Waals surface area (Å²) in [7, 11) is 0. The SMILES string of the molecule is CCCc1nc2scc(-c3ccccc3)c2c(=O)n1C(C)(C)C(=O)OCC. The van der Waals surface area contributed by atoms with Gasteiger partial charge in [0.25, 0.3) is 5.56 Å². The van der Waals surface area contributed by atoms with Gasteiger partial charge in [0.15, 0.2) is 0 Å². The summed E-state index contributed by atoms with van der Waals surface area (Å²) in [6, 6.07) is 9.78. The van der Waals surface area contributed by atoms with Gasteiger partial charge in [-0.2, -0.15) is 0 Å². The number of nitrogens with zero attached hydrogens (tertiary/aromatic N) is 2. The fourth-order valence-electron chi connectivity index (χ4n) is 3.23. The summed E-state index contributed by atoms with van der Waals surface area (Å²) in [5.74, 6) is 0.191. The summed E-state index contributed by atoms with van der Waals surface area (Å²) in [6.07, 6.45) is 1.44. The summed E-state index contributed by atoms with van der Waals surface area (Å²) >= 11 is 1.46. The summed E-state index contributed by atoms with van der Waals surface area (Å²) in [5, 5.41) is 2.52. The van der Waals surface area contributed by atoms with Gasteiger partial charge in [0, 0.05) is 17.4 Å². The van der Waals surface area contributed by atoms with Crippen molar-refractivity contribution < 1.29 is 9.53 Å². The lowest BCUT2D eigenvalue weighted by Gasteiger charge is -2.27. The zero-order valence-electron chi connectivity index (χ0n) is 16.1. The normalized spacial score (nSPS) is 11.7. The molecule has 142 valence electrons. The molecule has 0 saturated carbocycles. The molecule has 0 fully saturated rings. The van der Waals surface area contributed by atoms with Crippen molar-refractivity contribution in [2.24, 2.45) is 0 Å². The first-order valence-electron chi connectivity index (χ1n) is 9.18. The van der Waals surface area contributed by atoms with E-state index in [0.717, 1.165) is 17.5 Å². The summed E-state index contributed by atoms with van der Waals surface area (Å²) in [5.41, 5.74) is 0.492. The molecule has 1 aromatic carbocycles. The van der Waals surface area contributed by atoms with Gasteiger partial charge in [-0.05, 0) is 32.8 Å². The van der Waals surface area contributed by atoms with Crippen LogP contribution in [-0.2, 0) is 21.5 Å². The van der Waals surface area contributed by atoms with E-state index in [0.29, 0.717) is 22.5 Å². The van der Waals surface area contributed by atoms with Crippen LogP contribution in [0.2, 0.25) is 0 Å². The minimum absolute atomic E-state index is 0.193. The van der Waals surface area contributed by atoms with Gasteiger partial charge >= 0.3 is 5.97 Å². The zero-order chi connectivity index (χ0) is 19.6. The molecule has 27 heavy (non-hydrogen) atoms. The Hall–Kier alpha value is -2.47. The predicted molar refractivity (Wildman–Crippen MR) is 109 cm³/mol. The summed E-state index contributed by atoms with van der Waals surface area (Å²) < 4.78 is 6.76. The van der Waals surface area contributed by atoms with Gasteiger partial charge in [-0.15, -0.1) is 11.3 Å². The lowest BCUT2D eigenvalue weighted by molar-refractivity contribution is -0.152. The fraction of sp³-hybridized carbons (Fsp3) is 0.381. The van der Waals surface area contributed by atoms with Crippen molar-refractivity contribution in [1.82, 2.24) is 9.55 Å². The highest BCUT2D eigenvalue weighted by atomic mass is 32.1. The molecule has 0 unspecified atom stereocenters. The standard InChI is InChI=1S/C21H24N2O3S/c1-5-10-16-22-18-17(15(13-27-18)14-11-8-7-9-12-14)19(24)23(16)21(3,4)20(25)26-6-2/h7-9,11-13H,5-6,10H2,1-4H3. The number of benzene rings is 1. The average molecular weight is 385 g/mol. The molecule has 3 aromatic rings. The molecule has 0 aliphatic heterocycles. The maximum Gasteiger partial charge on any atom is 0.331 e. The second-order valence-electron chi connectivity index (χ2n) is 6.89. The van der Waals surface area contributed by atoms with Gasteiger partial charge in [-0.1, -0.05) is 37.3 Å². The first kappa shape index (κ1) is 19.3. The van der Waals surface area contributed by atoms with Crippen molar-refractivity contribution in [3.63, 3.8) is 0 Å². The molecule has 0 amide bonds. The zero-order valence-corrected chi connectivity index (χ0v) is 16.9. The Morgan fingerprint density at radius 1 is 1.22 bits per heavy atom. The third kappa shape index (κ3) is 3.41. The van der Waals surface area contributed by atoms with Crippen LogP contribution in [0, 0.1) is 0 Å². The molecule has 6 heteroatoms. The maximum atomic E-state index is 13.6. The number of rotatable bonds is 6. The number of esters is 1. The van der Waals surface area contributed by atoms with Crippen LogP contribution in [0.3, 0.4) is 0 Å². The maximum absolute atomic E-state index is 13.6. The topological polar surface area (TPSA) is 61.2 Å². The van der Waals surface area contributed by atoms with E-state index in [-0.39, 0.29) is 12.2 Å².